The Balaban J connectivity index is 1.92. The second-order valence-corrected chi connectivity index (χ2v) is 6.09. The van der Waals surface area contributed by atoms with Gasteiger partial charge in [0.2, 0.25) is 0 Å². The van der Waals surface area contributed by atoms with Crippen LogP contribution in [0.25, 0.3) is 0 Å². The summed E-state index contributed by atoms with van der Waals surface area (Å²) in [6.45, 7) is -0.0450. The number of likely N-dealkylation sites (N-methyl/N-ethyl adjacent to an activating group) is 1. The van der Waals surface area contributed by atoms with Gasteiger partial charge in [-0.3, -0.25) is 4.79 Å². The van der Waals surface area contributed by atoms with Crippen molar-refractivity contribution >= 4 is 35.1 Å². The molecule has 0 aliphatic heterocycles. The Hall–Kier alpha value is -2.24. The summed E-state index contributed by atoms with van der Waals surface area (Å²) in [5, 5.41) is 0.868. The fourth-order valence-electron chi connectivity index (χ4n) is 2.13. The van der Waals surface area contributed by atoms with Crippen LogP contribution in [0.3, 0.4) is 0 Å². The number of esters is 1. The van der Waals surface area contributed by atoms with E-state index >= 15 is 0 Å². The molecule has 0 bridgehead atoms. The van der Waals surface area contributed by atoms with E-state index in [0.29, 0.717) is 22.3 Å². The SMILES string of the molecule is COc1ccccc1C(=O)OCC(=O)N(C)Cc1ccc(Cl)c(Cl)c1. The van der Waals surface area contributed by atoms with Gasteiger partial charge < -0.3 is 14.4 Å². The molecule has 0 fully saturated rings. The van der Waals surface area contributed by atoms with Crippen LogP contribution in [-0.4, -0.2) is 37.5 Å². The number of nitrogens with zero attached hydrogens (tertiary/aromatic N) is 1. The van der Waals surface area contributed by atoms with Crippen molar-refractivity contribution in [1.29, 1.82) is 0 Å². The molecule has 0 unspecified atom stereocenters. The topological polar surface area (TPSA) is 55.8 Å². The molecule has 0 heterocycles. The van der Waals surface area contributed by atoms with E-state index in [1.165, 1.54) is 12.0 Å². The van der Waals surface area contributed by atoms with Crippen molar-refractivity contribution in [3.05, 3.63) is 63.6 Å². The van der Waals surface area contributed by atoms with Crippen molar-refractivity contribution in [2.45, 2.75) is 6.54 Å². The average molecular weight is 382 g/mol. The highest BCUT2D eigenvalue weighted by Crippen LogP contribution is 2.23. The maximum atomic E-state index is 12.1. The zero-order valence-corrected chi connectivity index (χ0v) is 15.3. The molecule has 2 aromatic carbocycles. The van der Waals surface area contributed by atoms with Gasteiger partial charge in [0.05, 0.1) is 17.2 Å². The molecular formula is C18H17Cl2NO4. The first-order valence-electron chi connectivity index (χ1n) is 7.40. The summed E-state index contributed by atoms with van der Waals surface area (Å²) in [5.41, 5.74) is 1.09. The largest absolute Gasteiger partial charge is 0.496 e. The molecule has 0 radical (unpaired) electrons. The smallest absolute Gasteiger partial charge is 0.342 e. The van der Waals surface area contributed by atoms with Gasteiger partial charge in [-0.2, -0.15) is 0 Å². The third-order valence-corrected chi connectivity index (χ3v) is 4.22. The Morgan fingerprint density at radius 2 is 1.80 bits per heavy atom. The van der Waals surface area contributed by atoms with Crippen molar-refractivity contribution in [2.75, 3.05) is 20.8 Å². The van der Waals surface area contributed by atoms with Crippen molar-refractivity contribution < 1.29 is 19.1 Å². The van der Waals surface area contributed by atoms with Crippen LogP contribution in [0, 0.1) is 0 Å². The highest BCUT2D eigenvalue weighted by Gasteiger charge is 2.17. The molecule has 0 aliphatic carbocycles. The summed E-state index contributed by atoms with van der Waals surface area (Å²) in [6.07, 6.45) is 0. The minimum Gasteiger partial charge on any atom is -0.496 e. The number of amides is 1. The third-order valence-electron chi connectivity index (χ3n) is 3.48. The Morgan fingerprint density at radius 3 is 2.48 bits per heavy atom. The van der Waals surface area contributed by atoms with Crippen LogP contribution in [0.4, 0.5) is 0 Å². The number of benzene rings is 2. The Bertz CT molecular complexity index is 779. The van der Waals surface area contributed by atoms with Crippen molar-refractivity contribution in [3.8, 4) is 5.75 Å². The summed E-state index contributed by atoms with van der Waals surface area (Å²) in [6, 6.07) is 11.8. The number of carbonyl (C=O) groups excluding carboxylic acids is 2. The molecule has 2 aromatic rings. The Kier molecular flexibility index (Phi) is 6.67. The van der Waals surface area contributed by atoms with Crippen LogP contribution in [-0.2, 0) is 16.1 Å². The van der Waals surface area contributed by atoms with Crippen LogP contribution in [0.5, 0.6) is 5.75 Å². The molecular weight excluding hydrogens is 365 g/mol. The summed E-state index contributed by atoms with van der Waals surface area (Å²) in [7, 11) is 3.07. The minimum absolute atomic E-state index is 0.268. The zero-order valence-electron chi connectivity index (χ0n) is 13.8. The first kappa shape index (κ1) is 19.1. The molecule has 0 spiro atoms. The van der Waals surface area contributed by atoms with Gasteiger partial charge in [-0.05, 0) is 29.8 Å². The molecule has 7 heteroatoms. The predicted molar refractivity (Wildman–Crippen MR) is 96.2 cm³/mol. The lowest BCUT2D eigenvalue weighted by Crippen LogP contribution is -2.30. The van der Waals surface area contributed by atoms with Crippen molar-refractivity contribution in [3.63, 3.8) is 0 Å². The number of halogens is 2. The molecule has 0 saturated heterocycles. The van der Waals surface area contributed by atoms with Crippen LogP contribution in [0.15, 0.2) is 42.5 Å². The summed E-state index contributed by atoms with van der Waals surface area (Å²) in [4.78, 5) is 25.7. The number of ether oxygens (including phenoxy) is 2. The molecule has 0 aromatic heterocycles. The summed E-state index contributed by atoms with van der Waals surface area (Å²) >= 11 is 11.8. The highest BCUT2D eigenvalue weighted by atomic mass is 35.5. The van der Waals surface area contributed by atoms with E-state index in [4.69, 9.17) is 32.7 Å². The lowest BCUT2D eigenvalue weighted by Gasteiger charge is -2.17. The van der Waals surface area contributed by atoms with Gasteiger partial charge in [0.25, 0.3) is 5.91 Å². The van der Waals surface area contributed by atoms with E-state index in [2.05, 4.69) is 0 Å². The average Bonchev–Trinajstić information content (AvgIpc) is 2.62. The quantitative estimate of drug-likeness (QED) is 0.713. The van der Waals surface area contributed by atoms with E-state index in [1.807, 2.05) is 0 Å². The fourth-order valence-corrected chi connectivity index (χ4v) is 2.45. The predicted octanol–water partition coefficient (Wildman–Crippen LogP) is 3.82. The lowest BCUT2D eigenvalue weighted by atomic mass is 10.2. The van der Waals surface area contributed by atoms with Gasteiger partial charge in [-0.1, -0.05) is 41.4 Å². The van der Waals surface area contributed by atoms with Crippen LogP contribution in [0.1, 0.15) is 15.9 Å². The molecule has 2 rings (SSSR count). The number of para-hydroxylation sites is 1. The van der Waals surface area contributed by atoms with E-state index in [1.54, 1.807) is 49.5 Å². The van der Waals surface area contributed by atoms with Gasteiger partial charge in [-0.25, -0.2) is 4.79 Å². The molecule has 1 amide bonds. The second kappa shape index (κ2) is 8.74. The van der Waals surface area contributed by atoms with Gasteiger partial charge in [0.1, 0.15) is 11.3 Å². The van der Waals surface area contributed by atoms with E-state index in [0.717, 1.165) is 5.56 Å². The second-order valence-electron chi connectivity index (χ2n) is 5.27. The minimum atomic E-state index is -0.617. The van der Waals surface area contributed by atoms with Crippen LogP contribution < -0.4 is 4.74 Å². The maximum Gasteiger partial charge on any atom is 0.342 e. The molecule has 0 atom stereocenters. The van der Waals surface area contributed by atoms with Gasteiger partial charge in [-0.15, -0.1) is 0 Å². The molecule has 0 saturated carbocycles. The molecule has 5 nitrogen and oxygen atoms in total. The zero-order chi connectivity index (χ0) is 18.4. The third kappa shape index (κ3) is 5.11. The number of hydrogen-bond acceptors (Lipinski definition) is 4. The Labute approximate surface area is 156 Å². The highest BCUT2D eigenvalue weighted by molar-refractivity contribution is 6.42. The van der Waals surface area contributed by atoms with Crippen molar-refractivity contribution in [1.82, 2.24) is 4.90 Å². The van der Waals surface area contributed by atoms with Gasteiger partial charge in [0, 0.05) is 13.6 Å². The summed E-state index contributed by atoms with van der Waals surface area (Å²) in [5.74, 6) is -0.563. The molecule has 0 N–H and O–H groups in total. The van der Waals surface area contributed by atoms with Gasteiger partial charge in [0.15, 0.2) is 6.61 Å². The maximum absolute atomic E-state index is 12.1. The lowest BCUT2D eigenvalue weighted by molar-refractivity contribution is -0.133. The van der Waals surface area contributed by atoms with Gasteiger partial charge >= 0.3 is 5.97 Å². The summed E-state index contributed by atoms with van der Waals surface area (Å²) < 4.78 is 10.2. The number of carbonyl (C=O) groups is 2. The monoisotopic (exact) mass is 381 g/mol. The van der Waals surface area contributed by atoms with Crippen molar-refractivity contribution in [2.24, 2.45) is 0 Å². The van der Waals surface area contributed by atoms with E-state index in [9.17, 15) is 9.59 Å². The van der Waals surface area contributed by atoms with E-state index < -0.39 is 5.97 Å². The molecule has 132 valence electrons. The van der Waals surface area contributed by atoms with Crippen LogP contribution >= 0.6 is 23.2 Å². The number of hydrogen-bond donors (Lipinski definition) is 0. The normalized spacial score (nSPS) is 10.2. The first-order valence-corrected chi connectivity index (χ1v) is 8.16. The number of methoxy groups -OCH3 is 1. The molecule has 0 aliphatic rings. The Morgan fingerprint density at radius 1 is 1.08 bits per heavy atom. The standard InChI is InChI=1S/C18H17Cl2NO4/c1-21(10-12-7-8-14(19)15(20)9-12)17(22)11-25-18(23)13-5-3-4-6-16(13)24-2/h3-9H,10-11H2,1-2H3. The fraction of sp³-hybridized carbons (Fsp3) is 0.222. The molecule has 25 heavy (non-hydrogen) atoms. The first-order chi connectivity index (χ1) is 11.9. The number of rotatable bonds is 6. The van der Waals surface area contributed by atoms with E-state index in [-0.39, 0.29) is 18.1 Å². The van der Waals surface area contributed by atoms with Crippen LogP contribution in [0.2, 0.25) is 10.0 Å².